The van der Waals surface area contributed by atoms with Crippen molar-refractivity contribution >= 4 is 44.9 Å². The molecule has 0 spiro atoms. The molecule has 1 aliphatic heterocycles. The molecule has 5 heteroatoms. The quantitative estimate of drug-likeness (QED) is 0.532. The summed E-state index contributed by atoms with van der Waals surface area (Å²) in [6.45, 7) is 4.17. The van der Waals surface area contributed by atoms with Gasteiger partial charge in [0, 0.05) is 45.2 Å². The number of carbonyl (C=O) groups excluding carboxylic acids is 2. The number of amides is 1. The first-order valence-electron chi connectivity index (χ1n) is 9.35. The van der Waals surface area contributed by atoms with Gasteiger partial charge in [0.15, 0.2) is 5.78 Å². The summed E-state index contributed by atoms with van der Waals surface area (Å²) in [5.41, 5.74) is 3.15. The minimum atomic E-state index is -0.239. The molecule has 0 bridgehead atoms. The van der Waals surface area contributed by atoms with Crippen molar-refractivity contribution in [1.82, 2.24) is 0 Å². The molecule has 28 heavy (non-hydrogen) atoms. The van der Waals surface area contributed by atoms with Crippen molar-refractivity contribution in [2.24, 2.45) is 5.41 Å². The normalized spacial score (nSPS) is 21.7. The van der Waals surface area contributed by atoms with E-state index in [1.165, 1.54) is 0 Å². The zero-order chi connectivity index (χ0) is 20.1. The van der Waals surface area contributed by atoms with Crippen LogP contribution >= 0.6 is 27.5 Å². The van der Waals surface area contributed by atoms with Crippen LogP contribution in [-0.2, 0) is 9.59 Å². The summed E-state index contributed by atoms with van der Waals surface area (Å²) in [4.78, 5) is 28.2. The second kappa shape index (κ2) is 7.16. The highest BCUT2D eigenvalue weighted by molar-refractivity contribution is 9.10. The van der Waals surface area contributed by atoms with Crippen molar-refractivity contribution in [3.8, 4) is 0 Å². The summed E-state index contributed by atoms with van der Waals surface area (Å²) < 4.78 is 0.951. The molecular weight excluding hydrogens is 438 g/mol. The number of hydrogen-bond donors (Lipinski definition) is 0. The van der Waals surface area contributed by atoms with Crippen molar-refractivity contribution in [3.05, 3.63) is 74.9 Å². The highest BCUT2D eigenvalue weighted by Gasteiger charge is 2.44. The average Bonchev–Trinajstić information content (AvgIpc) is 2.61. The van der Waals surface area contributed by atoms with E-state index in [4.69, 9.17) is 11.6 Å². The first-order valence-corrected chi connectivity index (χ1v) is 10.5. The van der Waals surface area contributed by atoms with Crippen LogP contribution in [0.3, 0.4) is 0 Å². The van der Waals surface area contributed by atoms with Gasteiger partial charge in [-0.2, -0.15) is 0 Å². The highest BCUT2D eigenvalue weighted by atomic mass is 79.9. The largest absolute Gasteiger partial charge is 0.294 e. The van der Waals surface area contributed by atoms with Crippen LogP contribution in [0.4, 0.5) is 5.69 Å². The number of halogens is 2. The minimum absolute atomic E-state index is 0.0107. The van der Waals surface area contributed by atoms with Crippen molar-refractivity contribution in [2.75, 3.05) is 4.90 Å². The predicted molar refractivity (Wildman–Crippen MR) is 115 cm³/mol. The Labute approximate surface area is 178 Å². The van der Waals surface area contributed by atoms with E-state index in [1.807, 2.05) is 48.5 Å². The standard InChI is InChI=1S/C23H21BrClNO2/c1-23(2)12-19-22(20(27)13-23)18(14-4-3-5-16(25)10-14)11-21(28)26(19)17-8-6-15(24)7-9-17/h3-10,18H,11-13H2,1-2H3. The fourth-order valence-electron chi connectivity index (χ4n) is 4.31. The Morgan fingerprint density at radius 3 is 2.46 bits per heavy atom. The number of benzene rings is 2. The number of rotatable bonds is 2. The van der Waals surface area contributed by atoms with Crippen LogP contribution in [0, 0.1) is 5.41 Å². The fraction of sp³-hybridized carbons (Fsp3) is 0.304. The Morgan fingerprint density at radius 2 is 1.79 bits per heavy atom. The lowest BCUT2D eigenvalue weighted by atomic mass is 9.69. The van der Waals surface area contributed by atoms with Gasteiger partial charge in [-0.15, -0.1) is 0 Å². The van der Waals surface area contributed by atoms with Crippen molar-refractivity contribution in [2.45, 2.75) is 39.0 Å². The van der Waals surface area contributed by atoms with Gasteiger partial charge >= 0.3 is 0 Å². The van der Waals surface area contributed by atoms with Gasteiger partial charge in [-0.3, -0.25) is 14.5 Å². The lowest BCUT2D eigenvalue weighted by Gasteiger charge is -2.43. The molecule has 1 atom stereocenters. The van der Waals surface area contributed by atoms with Crippen LogP contribution in [0.15, 0.2) is 64.3 Å². The first-order chi connectivity index (χ1) is 13.2. The topological polar surface area (TPSA) is 37.4 Å². The summed E-state index contributed by atoms with van der Waals surface area (Å²) in [5, 5.41) is 0.617. The molecular formula is C23H21BrClNO2. The number of allylic oxidation sites excluding steroid dienone is 2. The first kappa shape index (κ1) is 19.4. The van der Waals surface area contributed by atoms with Gasteiger partial charge < -0.3 is 0 Å². The maximum Gasteiger partial charge on any atom is 0.232 e. The van der Waals surface area contributed by atoms with E-state index in [2.05, 4.69) is 29.8 Å². The van der Waals surface area contributed by atoms with E-state index in [0.717, 1.165) is 27.0 Å². The van der Waals surface area contributed by atoms with Gasteiger partial charge in [0.2, 0.25) is 5.91 Å². The highest BCUT2D eigenvalue weighted by Crippen LogP contribution is 2.48. The second-order valence-corrected chi connectivity index (χ2v) is 9.67. The maximum atomic E-state index is 13.3. The molecule has 0 radical (unpaired) electrons. The fourth-order valence-corrected chi connectivity index (χ4v) is 4.78. The minimum Gasteiger partial charge on any atom is -0.294 e. The lowest BCUT2D eigenvalue weighted by molar-refractivity contribution is -0.121. The van der Waals surface area contributed by atoms with E-state index >= 15 is 0 Å². The molecule has 1 unspecified atom stereocenters. The molecule has 3 nitrogen and oxygen atoms in total. The summed E-state index contributed by atoms with van der Waals surface area (Å²) in [5.74, 6) is -0.0983. The van der Waals surface area contributed by atoms with Gasteiger partial charge in [0.05, 0.1) is 0 Å². The Kier molecular flexibility index (Phi) is 4.96. The predicted octanol–water partition coefficient (Wildman–Crippen LogP) is 6.27. The van der Waals surface area contributed by atoms with Gasteiger partial charge in [-0.1, -0.05) is 53.5 Å². The Bertz CT molecular complexity index is 994. The van der Waals surface area contributed by atoms with Crippen molar-refractivity contribution in [3.63, 3.8) is 0 Å². The lowest BCUT2D eigenvalue weighted by Crippen LogP contribution is -2.43. The summed E-state index contributed by atoms with van der Waals surface area (Å²) in [6, 6.07) is 15.2. The molecule has 1 heterocycles. The molecule has 0 aromatic heterocycles. The van der Waals surface area contributed by atoms with Crippen molar-refractivity contribution in [1.29, 1.82) is 0 Å². The van der Waals surface area contributed by atoms with Crippen LogP contribution < -0.4 is 4.90 Å². The van der Waals surface area contributed by atoms with Crippen LogP contribution in [0.25, 0.3) is 0 Å². The molecule has 1 amide bonds. The van der Waals surface area contributed by atoms with Crippen LogP contribution in [0.5, 0.6) is 0 Å². The number of ketones is 1. The number of anilines is 1. The third-order valence-corrected chi connectivity index (χ3v) is 6.24. The van der Waals surface area contributed by atoms with Gasteiger partial charge in [0.25, 0.3) is 0 Å². The third-order valence-electron chi connectivity index (χ3n) is 5.48. The van der Waals surface area contributed by atoms with Crippen LogP contribution in [0.1, 0.15) is 44.6 Å². The molecule has 144 valence electrons. The molecule has 4 rings (SSSR count). The molecule has 0 saturated carbocycles. The van der Waals surface area contributed by atoms with E-state index in [-0.39, 0.29) is 29.4 Å². The smallest absolute Gasteiger partial charge is 0.232 e. The zero-order valence-electron chi connectivity index (χ0n) is 15.8. The molecule has 0 N–H and O–H groups in total. The Morgan fingerprint density at radius 1 is 1.07 bits per heavy atom. The Hall–Kier alpha value is -1.91. The molecule has 0 saturated heterocycles. The summed E-state index contributed by atoms with van der Waals surface area (Å²) >= 11 is 9.64. The SMILES string of the molecule is CC1(C)CC(=O)C2=C(C1)N(c1ccc(Br)cc1)C(=O)CC2c1cccc(Cl)c1. The number of carbonyl (C=O) groups is 2. The third kappa shape index (κ3) is 3.56. The van der Waals surface area contributed by atoms with Crippen LogP contribution in [-0.4, -0.2) is 11.7 Å². The van der Waals surface area contributed by atoms with Gasteiger partial charge in [0.1, 0.15) is 0 Å². The molecule has 2 aromatic rings. The monoisotopic (exact) mass is 457 g/mol. The van der Waals surface area contributed by atoms with Crippen molar-refractivity contribution < 1.29 is 9.59 Å². The number of nitrogens with zero attached hydrogens (tertiary/aromatic N) is 1. The second-order valence-electron chi connectivity index (χ2n) is 8.32. The molecule has 2 aromatic carbocycles. The Balaban J connectivity index is 1.89. The zero-order valence-corrected chi connectivity index (χ0v) is 18.2. The van der Waals surface area contributed by atoms with Gasteiger partial charge in [-0.05, 0) is 53.8 Å². The number of Topliss-reactive ketones (excluding diaryl/α,β-unsaturated/α-hetero) is 1. The van der Waals surface area contributed by atoms with E-state index in [1.54, 1.807) is 4.90 Å². The maximum absolute atomic E-state index is 13.3. The molecule has 2 aliphatic rings. The molecule has 1 aliphatic carbocycles. The van der Waals surface area contributed by atoms with Gasteiger partial charge in [-0.25, -0.2) is 0 Å². The van der Waals surface area contributed by atoms with E-state index in [9.17, 15) is 9.59 Å². The number of hydrogen-bond acceptors (Lipinski definition) is 2. The van der Waals surface area contributed by atoms with E-state index < -0.39 is 0 Å². The summed E-state index contributed by atoms with van der Waals surface area (Å²) in [6.07, 6.45) is 1.44. The van der Waals surface area contributed by atoms with E-state index in [0.29, 0.717) is 17.9 Å². The average molecular weight is 459 g/mol. The van der Waals surface area contributed by atoms with Crippen LogP contribution in [0.2, 0.25) is 5.02 Å². The molecule has 0 fully saturated rings. The summed E-state index contributed by atoms with van der Waals surface area (Å²) in [7, 11) is 0.